The van der Waals surface area contributed by atoms with Crippen LogP contribution < -0.4 is 15.6 Å². The first-order valence-corrected chi connectivity index (χ1v) is 6.62. The highest BCUT2D eigenvalue weighted by Gasteiger charge is 2.25. The van der Waals surface area contributed by atoms with E-state index in [-0.39, 0.29) is 23.5 Å². The van der Waals surface area contributed by atoms with E-state index in [0.717, 1.165) is 6.33 Å². The van der Waals surface area contributed by atoms with Crippen LogP contribution in [0.2, 0.25) is 0 Å². The van der Waals surface area contributed by atoms with Gasteiger partial charge in [-0.25, -0.2) is 4.98 Å². The molecule has 0 unspecified atom stereocenters. The minimum atomic E-state index is -0.688. The second-order valence-electron chi connectivity index (χ2n) is 4.59. The van der Waals surface area contributed by atoms with Crippen molar-refractivity contribution in [1.29, 1.82) is 0 Å². The Balaban J connectivity index is 2.19. The lowest BCUT2D eigenvalue weighted by molar-refractivity contribution is -0.385. The number of carbonyl (C=O) groups is 1. The second-order valence-corrected chi connectivity index (χ2v) is 4.59. The van der Waals surface area contributed by atoms with Crippen LogP contribution in [0.25, 0.3) is 0 Å². The summed E-state index contributed by atoms with van der Waals surface area (Å²) in [6.45, 7) is 3.42. The Morgan fingerprint density at radius 2 is 2.09 bits per heavy atom. The summed E-state index contributed by atoms with van der Waals surface area (Å²) in [4.78, 5) is 33.8. The molecule has 10 nitrogen and oxygen atoms in total. The number of rotatable bonds is 6. The minimum Gasteiger partial charge on any atom is -0.470 e. The van der Waals surface area contributed by atoms with Gasteiger partial charge in [0.05, 0.1) is 11.0 Å². The van der Waals surface area contributed by atoms with Gasteiger partial charge in [0.15, 0.2) is 0 Å². The molecule has 120 valence electrons. The lowest BCUT2D eigenvalue weighted by Crippen LogP contribution is -2.31. The van der Waals surface area contributed by atoms with Crippen molar-refractivity contribution in [2.45, 2.75) is 20.0 Å². The lowest BCUT2D eigenvalue weighted by atomic mass is 10.3. The first kappa shape index (κ1) is 16.1. The number of carbonyl (C=O) groups excluding carboxylic acids is 1. The molecule has 0 radical (unpaired) electrons. The molecule has 0 atom stereocenters. The van der Waals surface area contributed by atoms with E-state index >= 15 is 0 Å². The van der Waals surface area contributed by atoms with Crippen molar-refractivity contribution in [2.24, 2.45) is 0 Å². The molecule has 2 heterocycles. The van der Waals surface area contributed by atoms with Crippen molar-refractivity contribution >= 4 is 17.4 Å². The van der Waals surface area contributed by atoms with Gasteiger partial charge in [-0.2, -0.15) is 4.98 Å². The highest BCUT2D eigenvalue weighted by Crippen LogP contribution is 2.30. The van der Waals surface area contributed by atoms with Gasteiger partial charge in [-0.05, 0) is 26.0 Å². The van der Waals surface area contributed by atoms with Crippen molar-refractivity contribution in [3.63, 3.8) is 0 Å². The van der Waals surface area contributed by atoms with Gasteiger partial charge in [0, 0.05) is 6.20 Å². The molecule has 23 heavy (non-hydrogen) atoms. The van der Waals surface area contributed by atoms with Crippen LogP contribution in [0.4, 0.5) is 11.5 Å². The van der Waals surface area contributed by atoms with Crippen molar-refractivity contribution in [2.75, 3.05) is 5.43 Å². The molecular weight excluding hydrogens is 304 g/mol. The van der Waals surface area contributed by atoms with Gasteiger partial charge in [0.2, 0.25) is 5.82 Å². The zero-order valence-corrected chi connectivity index (χ0v) is 12.4. The molecule has 0 saturated carbocycles. The molecule has 0 fully saturated rings. The average Bonchev–Trinajstić information content (AvgIpc) is 2.52. The molecule has 0 bridgehead atoms. The van der Waals surface area contributed by atoms with Gasteiger partial charge in [0.1, 0.15) is 12.0 Å². The molecule has 0 aliphatic carbocycles. The number of pyridine rings is 1. The maximum Gasteiger partial charge on any atom is 0.374 e. The molecule has 2 aromatic rings. The van der Waals surface area contributed by atoms with Crippen LogP contribution in [0.1, 0.15) is 24.3 Å². The van der Waals surface area contributed by atoms with Gasteiger partial charge >= 0.3 is 5.69 Å². The summed E-state index contributed by atoms with van der Waals surface area (Å²) in [6, 6.07) is 4.80. The quantitative estimate of drug-likeness (QED) is 0.602. The number of nitrogens with zero attached hydrogens (tertiary/aromatic N) is 4. The van der Waals surface area contributed by atoms with E-state index in [1.165, 1.54) is 12.3 Å². The maximum absolute atomic E-state index is 11.9. The number of nitrogens with one attached hydrogen (secondary N) is 2. The SMILES string of the molecule is CC(C)Oc1ncnc(NNC(=O)c2ccccn2)c1[N+](=O)[O-]. The van der Waals surface area contributed by atoms with Crippen LogP contribution in [0.15, 0.2) is 30.7 Å². The first-order chi connectivity index (χ1) is 11.0. The molecule has 2 N–H and O–H groups in total. The molecule has 0 saturated heterocycles. The predicted molar refractivity (Wildman–Crippen MR) is 79.8 cm³/mol. The summed E-state index contributed by atoms with van der Waals surface area (Å²) in [5.74, 6) is -0.940. The van der Waals surface area contributed by atoms with E-state index in [9.17, 15) is 14.9 Å². The van der Waals surface area contributed by atoms with Crippen LogP contribution in [-0.4, -0.2) is 31.9 Å². The fourth-order valence-electron chi connectivity index (χ4n) is 1.61. The number of hydrazine groups is 1. The third-order valence-corrected chi connectivity index (χ3v) is 2.51. The fourth-order valence-corrected chi connectivity index (χ4v) is 1.61. The lowest BCUT2D eigenvalue weighted by Gasteiger charge is -2.11. The molecular formula is C13H14N6O4. The molecule has 0 spiro atoms. The molecule has 1 amide bonds. The van der Waals surface area contributed by atoms with Gasteiger partial charge < -0.3 is 4.74 Å². The summed E-state index contributed by atoms with van der Waals surface area (Å²) in [7, 11) is 0. The molecule has 0 aliphatic heterocycles. The van der Waals surface area contributed by atoms with Crippen molar-refractivity contribution in [3.8, 4) is 5.88 Å². The average molecular weight is 318 g/mol. The number of anilines is 1. The number of ether oxygens (including phenoxy) is 1. The van der Waals surface area contributed by atoms with E-state index in [1.54, 1.807) is 26.0 Å². The Morgan fingerprint density at radius 3 is 2.70 bits per heavy atom. The Hall–Kier alpha value is -3.30. The molecule has 2 rings (SSSR count). The number of hydrogen-bond acceptors (Lipinski definition) is 8. The number of nitro groups is 1. The minimum absolute atomic E-state index is 0.148. The Labute approximate surface area is 131 Å². The Kier molecular flexibility index (Phi) is 4.97. The highest BCUT2D eigenvalue weighted by atomic mass is 16.6. The van der Waals surface area contributed by atoms with E-state index < -0.39 is 16.5 Å². The van der Waals surface area contributed by atoms with Gasteiger partial charge in [-0.15, -0.1) is 0 Å². The summed E-state index contributed by atoms with van der Waals surface area (Å²) < 4.78 is 5.28. The summed E-state index contributed by atoms with van der Waals surface area (Å²) in [6.07, 6.45) is 2.25. The van der Waals surface area contributed by atoms with Gasteiger partial charge in [-0.1, -0.05) is 6.07 Å². The topological polar surface area (TPSA) is 132 Å². The van der Waals surface area contributed by atoms with E-state index in [4.69, 9.17) is 4.74 Å². The molecule has 0 aromatic carbocycles. The van der Waals surface area contributed by atoms with E-state index in [0.29, 0.717) is 0 Å². The normalized spacial score (nSPS) is 10.2. The summed E-state index contributed by atoms with van der Waals surface area (Å²) >= 11 is 0. The zero-order valence-electron chi connectivity index (χ0n) is 12.4. The smallest absolute Gasteiger partial charge is 0.374 e. The molecule has 2 aromatic heterocycles. The highest BCUT2D eigenvalue weighted by molar-refractivity contribution is 5.93. The second kappa shape index (κ2) is 7.11. The Morgan fingerprint density at radius 1 is 1.30 bits per heavy atom. The maximum atomic E-state index is 11.9. The number of aromatic nitrogens is 3. The fraction of sp³-hybridized carbons (Fsp3) is 0.231. The summed E-state index contributed by atoms with van der Waals surface area (Å²) in [5, 5.41) is 11.2. The standard InChI is InChI=1S/C13H14N6O4/c1-8(2)23-13-10(19(21)22)11(15-7-16-13)17-18-12(20)9-5-3-4-6-14-9/h3-8H,1-2H3,(H,18,20)(H,15,16,17). The largest absolute Gasteiger partial charge is 0.470 e. The summed E-state index contributed by atoms with van der Waals surface area (Å²) in [5.41, 5.74) is 4.36. The predicted octanol–water partition coefficient (Wildman–Crippen LogP) is 1.32. The van der Waals surface area contributed by atoms with Gasteiger partial charge in [0.25, 0.3) is 11.8 Å². The number of amides is 1. The Bertz CT molecular complexity index is 707. The van der Waals surface area contributed by atoms with E-state index in [1.807, 2.05) is 0 Å². The van der Waals surface area contributed by atoms with Crippen LogP contribution in [-0.2, 0) is 0 Å². The zero-order chi connectivity index (χ0) is 16.8. The van der Waals surface area contributed by atoms with Crippen LogP contribution in [0.5, 0.6) is 5.88 Å². The van der Waals surface area contributed by atoms with Crippen molar-refractivity contribution in [3.05, 3.63) is 46.5 Å². The van der Waals surface area contributed by atoms with Crippen LogP contribution >= 0.6 is 0 Å². The van der Waals surface area contributed by atoms with Gasteiger partial charge in [-0.3, -0.25) is 30.7 Å². The number of hydrogen-bond donors (Lipinski definition) is 2. The third kappa shape index (κ3) is 4.09. The van der Waals surface area contributed by atoms with Crippen LogP contribution in [0.3, 0.4) is 0 Å². The monoisotopic (exact) mass is 318 g/mol. The first-order valence-electron chi connectivity index (χ1n) is 6.62. The third-order valence-electron chi connectivity index (χ3n) is 2.51. The van der Waals surface area contributed by atoms with Crippen LogP contribution in [0, 0.1) is 10.1 Å². The van der Waals surface area contributed by atoms with Crippen molar-refractivity contribution in [1.82, 2.24) is 20.4 Å². The molecule has 0 aliphatic rings. The molecule has 10 heteroatoms. The van der Waals surface area contributed by atoms with Crippen molar-refractivity contribution < 1.29 is 14.5 Å². The van der Waals surface area contributed by atoms with E-state index in [2.05, 4.69) is 25.8 Å².